The van der Waals surface area contributed by atoms with Crippen molar-refractivity contribution in [3.05, 3.63) is 35.6 Å². The molecule has 128 valence electrons. The number of aliphatic imine (C=N–C) groups is 1. The minimum Gasteiger partial charge on any atom is -0.386 e. The highest BCUT2D eigenvalue weighted by Gasteiger charge is 2.53. The second-order valence-corrected chi connectivity index (χ2v) is 7.29. The molecule has 0 saturated carbocycles. The SMILES string of the molecule is CCNC(=NCC(O)c1ccc(F)cc1)N1CC(C)(C)C1(C)C. The zero-order chi connectivity index (χ0) is 17.3. The van der Waals surface area contributed by atoms with E-state index in [9.17, 15) is 9.50 Å². The van der Waals surface area contributed by atoms with Crippen LogP contribution in [0, 0.1) is 11.2 Å². The number of hydrogen-bond donors (Lipinski definition) is 2. The number of aliphatic hydroxyl groups excluding tert-OH is 1. The van der Waals surface area contributed by atoms with Crippen molar-refractivity contribution >= 4 is 5.96 Å². The Hall–Kier alpha value is -1.62. The normalized spacial score (nSPS) is 20.8. The predicted octanol–water partition coefficient (Wildman–Crippen LogP) is 2.95. The van der Waals surface area contributed by atoms with E-state index in [1.165, 1.54) is 12.1 Å². The minimum atomic E-state index is -0.735. The number of halogens is 1. The van der Waals surface area contributed by atoms with E-state index in [1.54, 1.807) is 12.1 Å². The molecule has 2 N–H and O–H groups in total. The van der Waals surface area contributed by atoms with Gasteiger partial charge in [0.2, 0.25) is 0 Å². The Morgan fingerprint density at radius 1 is 1.30 bits per heavy atom. The summed E-state index contributed by atoms with van der Waals surface area (Å²) in [6, 6.07) is 5.90. The summed E-state index contributed by atoms with van der Waals surface area (Å²) in [6.45, 7) is 12.9. The van der Waals surface area contributed by atoms with Crippen molar-refractivity contribution in [2.45, 2.75) is 46.3 Å². The van der Waals surface area contributed by atoms with Crippen molar-refractivity contribution in [3.8, 4) is 0 Å². The molecule has 0 radical (unpaired) electrons. The lowest BCUT2D eigenvalue weighted by molar-refractivity contribution is -0.0668. The van der Waals surface area contributed by atoms with Crippen LogP contribution in [-0.4, -0.2) is 41.1 Å². The highest BCUT2D eigenvalue weighted by molar-refractivity contribution is 5.82. The van der Waals surface area contributed by atoms with Crippen molar-refractivity contribution in [2.75, 3.05) is 19.6 Å². The minimum absolute atomic E-state index is 0.00876. The second-order valence-electron chi connectivity index (χ2n) is 7.29. The highest BCUT2D eigenvalue weighted by Crippen LogP contribution is 2.46. The van der Waals surface area contributed by atoms with Crippen LogP contribution in [0.5, 0.6) is 0 Å². The van der Waals surface area contributed by atoms with Gasteiger partial charge in [0.25, 0.3) is 0 Å². The summed E-state index contributed by atoms with van der Waals surface area (Å²) in [7, 11) is 0. The first kappa shape index (κ1) is 17.7. The maximum atomic E-state index is 13.0. The molecular formula is C18H28FN3O. The molecule has 0 amide bonds. The van der Waals surface area contributed by atoms with Gasteiger partial charge < -0.3 is 15.3 Å². The van der Waals surface area contributed by atoms with Crippen LogP contribution in [0.4, 0.5) is 4.39 Å². The maximum Gasteiger partial charge on any atom is 0.194 e. The molecule has 0 spiro atoms. The topological polar surface area (TPSA) is 47.9 Å². The monoisotopic (exact) mass is 321 g/mol. The van der Waals surface area contributed by atoms with Gasteiger partial charge in [0, 0.05) is 24.0 Å². The molecule has 0 bridgehead atoms. The Morgan fingerprint density at radius 2 is 1.91 bits per heavy atom. The lowest BCUT2D eigenvalue weighted by atomic mass is 9.65. The van der Waals surface area contributed by atoms with Crippen molar-refractivity contribution in [1.29, 1.82) is 0 Å². The van der Waals surface area contributed by atoms with Gasteiger partial charge >= 0.3 is 0 Å². The van der Waals surface area contributed by atoms with Gasteiger partial charge in [0.15, 0.2) is 5.96 Å². The number of guanidine groups is 1. The van der Waals surface area contributed by atoms with E-state index in [-0.39, 0.29) is 23.3 Å². The first-order valence-electron chi connectivity index (χ1n) is 8.18. The molecule has 2 rings (SSSR count). The lowest BCUT2D eigenvalue weighted by Crippen LogP contribution is -2.72. The zero-order valence-corrected chi connectivity index (χ0v) is 14.7. The second kappa shape index (κ2) is 6.48. The third-order valence-electron chi connectivity index (χ3n) is 5.14. The summed E-state index contributed by atoms with van der Waals surface area (Å²) < 4.78 is 13.0. The number of likely N-dealkylation sites (tertiary alicyclic amines) is 1. The Labute approximate surface area is 138 Å². The molecule has 1 aliphatic rings. The van der Waals surface area contributed by atoms with Gasteiger partial charge in [-0.05, 0) is 38.5 Å². The van der Waals surface area contributed by atoms with Gasteiger partial charge in [-0.3, -0.25) is 4.99 Å². The average Bonchev–Trinajstić information content (AvgIpc) is 2.49. The van der Waals surface area contributed by atoms with E-state index in [0.29, 0.717) is 5.56 Å². The third kappa shape index (κ3) is 3.50. The van der Waals surface area contributed by atoms with E-state index in [4.69, 9.17) is 0 Å². The first-order chi connectivity index (χ1) is 10.7. The van der Waals surface area contributed by atoms with Crippen molar-refractivity contribution in [1.82, 2.24) is 10.2 Å². The van der Waals surface area contributed by atoms with Gasteiger partial charge in [-0.15, -0.1) is 0 Å². The molecule has 1 fully saturated rings. The number of benzene rings is 1. The largest absolute Gasteiger partial charge is 0.386 e. The van der Waals surface area contributed by atoms with Gasteiger partial charge in [-0.1, -0.05) is 26.0 Å². The zero-order valence-electron chi connectivity index (χ0n) is 14.7. The summed E-state index contributed by atoms with van der Waals surface area (Å²) in [6.07, 6.45) is -0.735. The fourth-order valence-electron chi connectivity index (χ4n) is 2.76. The number of nitrogens with one attached hydrogen (secondary N) is 1. The number of hydrogen-bond acceptors (Lipinski definition) is 2. The molecule has 23 heavy (non-hydrogen) atoms. The molecule has 0 aliphatic carbocycles. The Morgan fingerprint density at radius 3 is 2.39 bits per heavy atom. The van der Waals surface area contributed by atoms with Gasteiger partial charge in [0.05, 0.1) is 12.6 Å². The fourth-order valence-corrected chi connectivity index (χ4v) is 2.76. The molecule has 1 aromatic rings. The molecule has 5 heteroatoms. The highest BCUT2D eigenvalue weighted by atomic mass is 19.1. The number of aliphatic hydroxyl groups is 1. The quantitative estimate of drug-likeness (QED) is 0.662. The Bertz CT molecular complexity index is 566. The Balaban J connectivity index is 2.09. The van der Waals surface area contributed by atoms with Crippen LogP contribution in [0.1, 0.15) is 46.3 Å². The lowest BCUT2D eigenvalue weighted by Gasteiger charge is -2.62. The molecule has 1 saturated heterocycles. The standard InChI is InChI=1S/C18H28FN3O/c1-6-20-16(22-12-17(2,3)18(22,4)5)21-11-15(23)13-7-9-14(19)10-8-13/h7-10,15,23H,6,11-12H2,1-5H3,(H,20,21). The molecule has 1 unspecified atom stereocenters. The van der Waals surface area contributed by atoms with E-state index in [1.807, 2.05) is 6.92 Å². The van der Waals surface area contributed by atoms with Gasteiger partial charge in [-0.2, -0.15) is 0 Å². The van der Waals surface area contributed by atoms with E-state index >= 15 is 0 Å². The van der Waals surface area contributed by atoms with Crippen LogP contribution >= 0.6 is 0 Å². The van der Waals surface area contributed by atoms with Crippen molar-refractivity contribution in [2.24, 2.45) is 10.4 Å². The van der Waals surface area contributed by atoms with Crippen LogP contribution in [0.2, 0.25) is 0 Å². The van der Waals surface area contributed by atoms with E-state index < -0.39 is 6.10 Å². The average molecular weight is 321 g/mol. The summed E-state index contributed by atoms with van der Waals surface area (Å²) in [5, 5.41) is 13.6. The molecule has 1 heterocycles. The fraction of sp³-hybridized carbons (Fsp3) is 0.611. The van der Waals surface area contributed by atoms with E-state index in [0.717, 1.165) is 19.0 Å². The van der Waals surface area contributed by atoms with Crippen LogP contribution in [-0.2, 0) is 0 Å². The molecule has 1 aliphatic heterocycles. The molecular weight excluding hydrogens is 293 g/mol. The predicted molar refractivity (Wildman–Crippen MR) is 91.9 cm³/mol. The molecule has 1 aromatic carbocycles. The third-order valence-corrected chi connectivity index (χ3v) is 5.14. The molecule has 4 nitrogen and oxygen atoms in total. The molecule has 0 aromatic heterocycles. The van der Waals surface area contributed by atoms with Crippen LogP contribution < -0.4 is 5.32 Å². The van der Waals surface area contributed by atoms with Crippen LogP contribution in [0.15, 0.2) is 29.3 Å². The molecule has 1 atom stereocenters. The van der Waals surface area contributed by atoms with Crippen molar-refractivity contribution < 1.29 is 9.50 Å². The van der Waals surface area contributed by atoms with Gasteiger partial charge in [0.1, 0.15) is 5.82 Å². The Kier molecular flexibility index (Phi) is 4.99. The van der Waals surface area contributed by atoms with Gasteiger partial charge in [-0.25, -0.2) is 4.39 Å². The van der Waals surface area contributed by atoms with E-state index in [2.05, 4.69) is 42.9 Å². The van der Waals surface area contributed by atoms with Crippen LogP contribution in [0.25, 0.3) is 0 Å². The summed E-state index contributed by atoms with van der Waals surface area (Å²) in [4.78, 5) is 6.83. The number of nitrogens with zero attached hydrogens (tertiary/aromatic N) is 2. The summed E-state index contributed by atoms with van der Waals surface area (Å²) >= 11 is 0. The first-order valence-corrected chi connectivity index (χ1v) is 8.18. The smallest absolute Gasteiger partial charge is 0.194 e. The number of rotatable bonds is 4. The maximum absolute atomic E-state index is 13.0. The summed E-state index contributed by atoms with van der Waals surface area (Å²) in [5.74, 6) is 0.514. The van der Waals surface area contributed by atoms with Crippen molar-refractivity contribution in [3.63, 3.8) is 0 Å². The summed E-state index contributed by atoms with van der Waals surface area (Å²) in [5.41, 5.74) is 0.905. The van der Waals surface area contributed by atoms with Crippen LogP contribution in [0.3, 0.4) is 0 Å².